The number of methoxy groups -OCH3 is 1. The number of carbonyl (C=O) groups excluding carboxylic acids is 2. The molecule has 100 valence electrons. The zero-order valence-electron chi connectivity index (χ0n) is 11.3. The number of ether oxygens (including phenoxy) is 1. The Morgan fingerprint density at radius 2 is 1.83 bits per heavy atom. The molecule has 18 heavy (non-hydrogen) atoms. The van der Waals surface area contributed by atoms with Crippen molar-refractivity contribution in [3.8, 4) is 0 Å². The highest BCUT2D eigenvalue weighted by atomic mass is 16.5. The van der Waals surface area contributed by atoms with Crippen LogP contribution in [0.15, 0.2) is 12.2 Å². The van der Waals surface area contributed by atoms with Gasteiger partial charge in [0.15, 0.2) is 0 Å². The van der Waals surface area contributed by atoms with Crippen LogP contribution >= 0.6 is 0 Å². The average molecular weight is 250 g/mol. The van der Waals surface area contributed by atoms with Crippen LogP contribution in [-0.2, 0) is 14.3 Å². The second-order valence-corrected chi connectivity index (χ2v) is 5.82. The molecular weight excluding hydrogens is 228 g/mol. The number of Topliss-reactive ketones (excluding diaryl/α,β-unsaturated/α-hetero) is 1. The van der Waals surface area contributed by atoms with Gasteiger partial charge in [-0.25, -0.2) is 0 Å². The fourth-order valence-corrected chi connectivity index (χ4v) is 4.01. The van der Waals surface area contributed by atoms with Gasteiger partial charge in [0.25, 0.3) is 0 Å². The topological polar surface area (TPSA) is 43.4 Å². The summed E-state index contributed by atoms with van der Waals surface area (Å²) < 4.78 is 5.07. The molecule has 0 heterocycles. The molecule has 0 spiro atoms. The summed E-state index contributed by atoms with van der Waals surface area (Å²) >= 11 is 0. The van der Waals surface area contributed by atoms with Crippen molar-refractivity contribution in [2.45, 2.75) is 51.9 Å². The highest BCUT2D eigenvalue weighted by molar-refractivity contribution is 5.82. The molecule has 0 unspecified atom stereocenters. The van der Waals surface area contributed by atoms with E-state index in [1.165, 1.54) is 7.11 Å². The first-order valence-corrected chi connectivity index (χ1v) is 6.79. The van der Waals surface area contributed by atoms with Crippen LogP contribution in [0.25, 0.3) is 0 Å². The van der Waals surface area contributed by atoms with Crippen LogP contribution in [0.1, 0.15) is 51.9 Å². The molecule has 0 aromatic heterocycles. The number of hydrogen-bond donors (Lipinski definition) is 0. The molecular formula is C15H22O3. The molecule has 0 aliphatic heterocycles. The van der Waals surface area contributed by atoms with E-state index in [9.17, 15) is 9.59 Å². The lowest BCUT2D eigenvalue weighted by atomic mass is 9.50. The Morgan fingerprint density at radius 1 is 1.17 bits per heavy atom. The van der Waals surface area contributed by atoms with E-state index in [0.717, 1.165) is 38.5 Å². The fraction of sp³-hybridized carbons (Fsp3) is 0.733. The summed E-state index contributed by atoms with van der Waals surface area (Å²) in [6.07, 6.45) is 10.3. The van der Waals surface area contributed by atoms with Gasteiger partial charge in [-0.1, -0.05) is 25.0 Å². The third-order valence-electron chi connectivity index (χ3n) is 4.83. The second-order valence-electron chi connectivity index (χ2n) is 5.82. The molecule has 0 aromatic carbocycles. The van der Waals surface area contributed by atoms with Crippen LogP contribution in [0.4, 0.5) is 0 Å². The summed E-state index contributed by atoms with van der Waals surface area (Å²) in [4.78, 5) is 24.0. The van der Waals surface area contributed by atoms with Gasteiger partial charge in [0.1, 0.15) is 5.78 Å². The Morgan fingerprint density at radius 3 is 2.50 bits per heavy atom. The Hall–Kier alpha value is -1.12. The van der Waals surface area contributed by atoms with Crippen molar-refractivity contribution in [3.63, 3.8) is 0 Å². The number of fused-ring (bicyclic) bond motifs is 1. The normalized spacial score (nSPS) is 34.8. The van der Waals surface area contributed by atoms with Gasteiger partial charge in [-0.05, 0) is 38.0 Å². The summed E-state index contributed by atoms with van der Waals surface area (Å²) in [6.45, 7) is 1.63. The first-order chi connectivity index (χ1) is 8.56. The van der Waals surface area contributed by atoms with Gasteiger partial charge >= 0.3 is 5.97 Å². The lowest BCUT2D eigenvalue weighted by Gasteiger charge is -2.53. The maximum Gasteiger partial charge on any atom is 0.312 e. The Bertz CT molecular complexity index is 385. The third-order valence-corrected chi connectivity index (χ3v) is 4.83. The van der Waals surface area contributed by atoms with Crippen LogP contribution < -0.4 is 0 Å². The summed E-state index contributed by atoms with van der Waals surface area (Å²) in [5.41, 5.74) is -0.653. The van der Waals surface area contributed by atoms with Crippen molar-refractivity contribution >= 4 is 11.8 Å². The predicted octanol–water partition coefficient (Wildman–Crippen LogP) is 3.04. The smallest absolute Gasteiger partial charge is 0.312 e. The summed E-state index contributed by atoms with van der Waals surface area (Å²) in [6, 6.07) is 0. The van der Waals surface area contributed by atoms with Gasteiger partial charge in [-0.2, -0.15) is 0 Å². The molecule has 2 rings (SSSR count). The van der Waals surface area contributed by atoms with E-state index in [1.54, 1.807) is 6.92 Å². The van der Waals surface area contributed by atoms with Crippen LogP contribution in [0.2, 0.25) is 0 Å². The number of allylic oxidation sites excluding steroid dienone is 2. The minimum atomic E-state index is -0.458. The van der Waals surface area contributed by atoms with Gasteiger partial charge in [-0.3, -0.25) is 4.79 Å². The fourth-order valence-electron chi connectivity index (χ4n) is 4.01. The molecule has 0 aromatic rings. The van der Waals surface area contributed by atoms with Crippen LogP contribution in [0.5, 0.6) is 0 Å². The van der Waals surface area contributed by atoms with Gasteiger partial charge in [-0.15, -0.1) is 0 Å². The van der Waals surface area contributed by atoms with Crippen molar-refractivity contribution in [1.29, 1.82) is 0 Å². The number of ketones is 1. The van der Waals surface area contributed by atoms with Crippen molar-refractivity contribution in [3.05, 3.63) is 12.2 Å². The van der Waals surface area contributed by atoms with Crippen molar-refractivity contribution in [2.75, 3.05) is 7.11 Å². The van der Waals surface area contributed by atoms with E-state index in [2.05, 4.69) is 12.2 Å². The van der Waals surface area contributed by atoms with Crippen LogP contribution in [-0.4, -0.2) is 18.9 Å². The van der Waals surface area contributed by atoms with Gasteiger partial charge in [0.2, 0.25) is 0 Å². The largest absolute Gasteiger partial charge is 0.469 e. The van der Waals surface area contributed by atoms with E-state index in [0.29, 0.717) is 6.42 Å². The number of carbonyl (C=O) groups is 2. The molecule has 1 saturated carbocycles. The molecule has 3 heteroatoms. The molecule has 0 bridgehead atoms. The van der Waals surface area contributed by atoms with Crippen molar-refractivity contribution < 1.29 is 14.3 Å². The lowest BCUT2D eigenvalue weighted by Crippen LogP contribution is -2.52. The molecule has 3 nitrogen and oxygen atoms in total. The van der Waals surface area contributed by atoms with Crippen LogP contribution in [0.3, 0.4) is 0 Å². The standard InChI is InChI=1S/C15H22O3/c1-12(16)11-14-7-3-5-9-15(14,13(17)18-2)10-6-4-8-14/h3,5H,4,6-11H2,1-2H3/t14-,15+/m1/s1. The monoisotopic (exact) mass is 250 g/mol. The maximum atomic E-state index is 12.3. The van der Waals surface area contributed by atoms with E-state index >= 15 is 0 Å². The Labute approximate surface area is 109 Å². The highest BCUT2D eigenvalue weighted by Crippen LogP contribution is 2.59. The molecule has 0 amide bonds. The zero-order valence-corrected chi connectivity index (χ0v) is 11.3. The van der Waals surface area contributed by atoms with Crippen LogP contribution in [0, 0.1) is 10.8 Å². The second kappa shape index (κ2) is 4.87. The zero-order chi connectivity index (χ0) is 13.2. The predicted molar refractivity (Wildman–Crippen MR) is 69.0 cm³/mol. The molecule has 2 aliphatic carbocycles. The minimum Gasteiger partial charge on any atom is -0.469 e. The quantitative estimate of drug-likeness (QED) is 0.571. The van der Waals surface area contributed by atoms with E-state index in [1.807, 2.05) is 0 Å². The molecule has 2 atom stereocenters. The van der Waals surface area contributed by atoms with E-state index in [-0.39, 0.29) is 17.2 Å². The van der Waals surface area contributed by atoms with E-state index < -0.39 is 5.41 Å². The molecule has 1 fully saturated rings. The summed E-state index contributed by atoms with van der Waals surface area (Å²) in [7, 11) is 1.46. The minimum absolute atomic E-state index is 0.118. The lowest BCUT2D eigenvalue weighted by molar-refractivity contribution is -0.169. The molecule has 0 N–H and O–H groups in total. The average Bonchev–Trinajstić information content (AvgIpc) is 2.36. The Kier molecular flexibility index (Phi) is 3.60. The SMILES string of the molecule is COC(=O)[C@@]12CC=CC[C@]1(CC(C)=O)CCCC2. The molecule has 0 saturated heterocycles. The number of hydrogen-bond acceptors (Lipinski definition) is 3. The first kappa shape index (κ1) is 13.3. The van der Waals surface area contributed by atoms with Gasteiger partial charge < -0.3 is 9.53 Å². The van der Waals surface area contributed by atoms with Gasteiger partial charge in [0, 0.05) is 6.42 Å². The molecule has 2 aliphatic rings. The number of rotatable bonds is 3. The number of esters is 1. The summed E-state index contributed by atoms with van der Waals surface area (Å²) in [5.74, 6) is 0.0632. The van der Waals surface area contributed by atoms with Crippen molar-refractivity contribution in [1.82, 2.24) is 0 Å². The maximum absolute atomic E-state index is 12.3. The Balaban J connectivity index is 2.44. The van der Waals surface area contributed by atoms with Crippen molar-refractivity contribution in [2.24, 2.45) is 10.8 Å². The first-order valence-electron chi connectivity index (χ1n) is 6.79. The third kappa shape index (κ3) is 1.90. The highest BCUT2D eigenvalue weighted by Gasteiger charge is 2.58. The summed E-state index contributed by atoms with van der Waals surface area (Å²) in [5, 5.41) is 0. The molecule has 0 radical (unpaired) electrons. The van der Waals surface area contributed by atoms with E-state index in [4.69, 9.17) is 4.74 Å². The van der Waals surface area contributed by atoms with Gasteiger partial charge in [0.05, 0.1) is 12.5 Å².